The molecule has 1 saturated carbocycles. The molecule has 2 N–H and O–H groups in total. The zero-order valence-corrected chi connectivity index (χ0v) is 8.98. The number of carboxylic acid groups (broad SMARTS) is 1. The Morgan fingerprint density at radius 3 is 2.87 bits per heavy atom. The molecular weight excluding hydrogens is 194 g/mol. The molecule has 1 spiro atoms. The second kappa shape index (κ2) is 4.10. The van der Waals surface area contributed by atoms with Crippen LogP contribution in [0.4, 0.5) is 0 Å². The van der Waals surface area contributed by atoms with Gasteiger partial charge in [-0.15, -0.1) is 0 Å². The van der Waals surface area contributed by atoms with E-state index in [2.05, 4.69) is 0 Å². The fourth-order valence-corrected chi connectivity index (χ4v) is 3.21. The molecule has 2 atom stereocenters. The molecule has 2 aliphatic rings. The molecular formula is C11H19NO3. The third-order valence-corrected chi connectivity index (χ3v) is 3.94. The predicted octanol–water partition coefficient (Wildman–Crippen LogP) is 0.555. The van der Waals surface area contributed by atoms with Crippen molar-refractivity contribution in [2.45, 2.75) is 25.7 Å². The van der Waals surface area contributed by atoms with E-state index >= 15 is 0 Å². The van der Waals surface area contributed by atoms with Gasteiger partial charge >= 0.3 is 5.97 Å². The van der Waals surface area contributed by atoms with Gasteiger partial charge in [0.2, 0.25) is 0 Å². The van der Waals surface area contributed by atoms with Crippen molar-refractivity contribution < 1.29 is 15.0 Å². The summed E-state index contributed by atoms with van der Waals surface area (Å²) in [6.45, 7) is 2.28. The molecule has 0 aromatic rings. The molecule has 15 heavy (non-hydrogen) atoms. The second-order valence-electron chi connectivity index (χ2n) is 5.15. The number of hydrogen-bond acceptors (Lipinski definition) is 3. The van der Waals surface area contributed by atoms with Gasteiger partial charge in [0, 0.05) is 13.2 Å². The second-order valence-corrected chi connectivity index (χ2v) is 5.15. The summed E-state index contributed by atoms with van der Waals surface area (Å²) in [7, 11) is 0. The summed E-state index contributed by atoms with van der Waals surface area (Å²) in [4.78, 5) is 12.6. The van der Waals surface area contributed by atoms with Crippen LogP contribution >= 0.6 is 0 Å². The van der Waals surface area contributed by atoms with Crippen LogP contribution in [0.1, 0.15) is 25.7 Å². The van der Waals surface area contributed by atoms with E-state index in [1.807, 2.05) is 4.90 Å². The van der Waals surface area contributed by atoms with Crippen molar-refractivity contribution in [2.24, 2.45) is 11.3 Å². The van der Waals surface area contributed by atoms with Gasteiger partial charge in [0.25, 0.3) is 0 Å². The minimum Gasteiger partial charge on any atom is -0.480 e. The van der Waals surface area contributed by atoms with Crippen LogP contribution in [0.15, 0.2) is 0 Å². The van der Waals surface area contributed by atoms with Crippen LogP contribution in [0.2, 0.25) is 0 Å². The number of hydrogen-bond donors (Lipinski definition) is 2. The van der Waals surface area contributed by atoms with E-state index in [-0.39, 0.29) is 6.54 Å². The van der Waals surface area contributed by atoms with Crippen molar-refractivity contribution in [1.82, 2.24) is 4.90 Å². The van der Waals surface area contributed by atoms with E-state index in [0.29, 0.717) is 17.9 Å². The maximum Gasteiger partial charge on any atom is 0.317 e. The van der Waals surface area contributed by atoms with Gasteiger partial charge in [-0.1, -0.05) is 0 Å². The topological polar surface area (TPSA) is 60.8 Å². The average Bonchev–Trinajstić information content (AvgIpc) is 2.74. The molecule has 0 amide bonds. The molecule has 0 unspecified atom stereocenters. The van der Waals surface area contributed by atoms with Crippen LogP contribution in [0.3, 0.4) is 0 Å². The molecule has 0 radical (unpaired) electrons. The molecule has 1 aliphatic heterocycles. The van der Waals surface area contributed by atoms with E-state index in [0.717, 1.165) is 38.8 Å². The summed E-state index contributed by atoms with van der Waals surface area (Å²) < 4.78 is 0. The van der Waals surface area contributed by atoms with Gasteiger partial charge in [-0.2, -0.15) is 0 Å². The number of aliphatic hydroxyl groups excluding tert-OH is 1. The Kier molecular flexibility index (Phi) is 2.98. The predicted molar refractivity (Wildman–Crippen MR) is 55.6 cm³/mol. The van der Waals surface area contributed by atoms with Gasteiger partial charge in [-0.3, -0.25) is 9.69 Å². The Hall–Kier alpha value is -0.610. The van der Waals surface area contributed by atoms with Crippen LogP contribution in [-0.4, -0.2) is 47.3 Å². The van der Waals surface area contributed by atoms with E-state index in [1.165, 1.54) is 0 Å². The lowest BCUT2D eigenvalue weighted by molar-refractivity contribution is -0.138. The average molecular weight is 213 g/mol. The summed E-state index contributed by atoms with van der Waals surface area (Å²) in [6.07, 6.45) is 4.46. The molecule has 86 valence electrons. The van der Waals surface area contributed by atoms with Crippen LogP contribution in [0.5, 0.6) is 0 Å². The molecule has 2 fully saturated rings. The van der Waals surface area contributed by atoms with Crippen LogP contribution in [-0.2, 0) is 4.79 Å². The SMILES string of the molecule is O=C(O)CN1CC[C@@]2(CC[C@H](CO)C2)C1. The lowest BCUT2D eigenvalue weighted by Gasteiger charge is -2.23. The Morgan fingerprint density at radius 2 is 2.27 bits per heavy atom. The molecule has 0 bridgehead atoms. The lowest BCUT2D eigenvalue weighted by Crippen LogP contribution is -2.30. The van der Waals surface area contributed by atoms with Crippen molar-refractivity contribution in [3.05, 3.63) is 0 Å². The highest BCUT2D eigenvalue weighted by atomic mass is 16.4. The molecule has 1 saturated heterocycles. The van der Waals surface area contributed by atoms with Crippen LogP contribution < -0.4 is 0 Å². The van der Waals surface area contributed by atoms with Gasteiger partial charge in [0.1, 0.15) is 0 Å². The van der Waals surface area contributed by atoms with Gasteiger partial charge in [0.05, 0.1) is 6.54 Å². The van der Waals surface area contributed by atoms with E-state index in [9.17, 15) is 4.79 Å². The van der Waals surface area contributed by atoms with Gasteiger partial charge in [-0.05, 0) is 43.6 Å². The smallest absolute Gasteiger partial charge is 0.317 e. The van der Waals surface area contributed by atoms with Gasteiger partial charge in [-0.25, -0.2) is 0 Å². The summed E-state index contributed by atoms with van der Waals surface area (Å²) >= 11 is 0. The number of carbonyl (C=O) groups is 1. The van der Waals surface area contributed by atoms with Crippen molar-refractivity contribution in [3.63, 3.8) is 0 Å². The summed E-state index contributed by atoms with van der Waals surface area (Å²) in [5.74, 6) is -0.279. The number of aliphatic hydroxyl groups is 1. The number of carboxylic acids is 1. The van der Waals surface area contributed by atoms with Gasteiger partial charge < -0.3 is 10.2 Å². The number of likely N-dealkylation sites (tertiary alicyclic amines) is 1. The zero-order valence-electron chi connectivity index (χ0n) is 8.98. The Bertz CT molecular complexity index is 256. The maximum absolute atomic E-state index is 10.6. The minimum absolute atomic E-state index is 0.172. The van der Waals surface area contributed by atoms with Crippen LogP contribution in [0.25, 0.3) is 0 Å². The summed E-state index contributed by atoms with van der Waals surface area (Å²) in [6, 6.07) is 0. The molecule has 1 aliphatic carbocycles. The highest BCUT2D eigenvalue weighted by Gasteiger charge is 2.43. The quantitative estimate of drug-likeness (QED) is 0.719. The Balaban J connectivity index is 1.89. The van der Waals surface area contributed by atoms with Crippen molar-refractivity contribution in [1.29, 1.82) is 0 Å². The number of nitrogens with zero attached hydrogens (tertiary/aromatic N) is 1. The largest absolute Gasteiger partial charge is 0.480 e. The third kappa shape index (κ3) is 2.32. The Labute approximate surface area is 89.9 Å². The first-order valence-electron chi connectivity index (χ1n) is 5.69. The maximum atomic E-state index is 10.6. The minimum atomic E-state index is -0.733. The standard InChI is InChI=1S/C11H19NO3/c13-7-9-1-2-11(5-9)3-4-12(8-11)6-10(14)15/h9,13H,1-8H2,(H,14,15)/t9-,11+/m0/s1. The fourth-order valence-electron chi connectivity index (χ4n) is 3.21. The van der Waals surface area contributed by atoms with E-state index in [1.54, 1.807) is 0 Å². The van der Waals surface area contributed by atoms with E-state index in [4.69, 9.17) is 10.2 Å². The number of rotatable bonds is 3. The third-order valence-electron chi connectivity index (χ3n) is 3.94. The van der Waals surface area contributed by atoms with Crippen molar-refractivity contribution >= 4 is 5.97 Å². The highest BCUT2D eigenvalue weighted by molar-refractivity contribution is 5.69. The van der Waals surface area contributed by atoms with Crippen LogP contribution in [0, 0.1) is 11.3 Å². The number of aliphatic carboxylic acids is 1. The summed E-state index contributed by atoms with van der Waals surface area (Å²) in [5, 5.41) is 17.8. The first kappa shape index (κ1) is 10.9. The first-order valence-corrected chi connectivity index (χ1v) is 5.69. The zero-order chi connectivity index (χ0) is 10.9. The van der Waals surface area contributed by atoms with Crippen molar-refractivity contribution in [2.75, 3.05) is 26.2 Å². The molecule has 2 rings (SSSR count). The summed E-state index contributed by atoms with van der Waals surface area (Å²) in [5.41, 5.74) is 0.322. The Morgan fingerprint density at radius 1 is 1.47 bits per heavy atom. The molecule has 0 aromatic heterocycles. The monoisotopic (exact) mass is 213 g/mol. The van der Waals surface area contributed by atoms with E-state index < -0.39 is 5.97 Å². The first-order chi connectivity index (χ1) is 7.13. The molecule has 0 aromatic carbocycles. The fraction of sp³-hybridized carbons (Fsp3) is 0.909. The normalized spacial score (nSPS) is 36.5. The molecule has 1 heterocycles. The van der Waals surface area contributed by atoms with Gasteiger partial charge in [0.15, 0.2) is 0 Å². The molecule has 4 nitrogen and oxygen atoms in total. The molecule has 4 heteroatoms. The van der Waals surface area contributed by atoms with Crippen molar-refractivity contribution in [3.8, 4) is 0 Å². The lowest BCUT2D eigenvalue weighted by atomic mass is 9.84. The highest BCUT2D eigenvalue weighted by Crippen LogP contribution is 2.47.